The van der Waals surface area contributed by atoms with Gasteiger partial charge in [-0.2, -0.15) is 0 Å². The van der Waals surface area contributed by atoms with Crippen LogP contribution in [0, 0.1) is 6.92 Å². The van der Waals surface area contributed by atoms with Gasteiger partial charge in [-0.25, -0.2) is 9.78 Å². The number of rotatable bonds is 3. The number of aromatic amines is 1. The van der Waals surface area contributed by atoms with Gasteiger partial charge in [0, 0.05) is 19.3 Å². The molecule has 1 aromatic heterocycles. The van der Waals surface area contributed by atoms with Crippen LogP contribution >= 0.6 is 15.9 Å². The lowest BCUT2D eigenvalue weighted by atomic mass is 10.0. The summed E-state index contributed by atoms with van der Waals surface area (Å²) in [5.74, 6) is -0.0552. The van der Waals surface area contributed by atoms with E-state index in [-0.39, 0.29) is 30.0 Å². The van der Waals surface area contributed by atoms with Crippen molar-refractivity contribution in [2.45, 2.75) is 51.9 Å². The summed E-state index contributed by atoms with van der Waals surface area (Å²) in [6.45, 7) is 8.16. The molecule has 0 aromatic carbocycles. The van der Waals surface area contributed by atoms with Gasteiger partial charge in [-0.1, -0.05) is 0 Å². The van der Waals surface area contributed by atoms with Gasteiger partial charge >= 0.3 is 6.09 Å². The number of nitrogens with one attached hydrogen (secondary N) is 2. The van der Waals surface area contributed by atoms with Crippen molar-refractivity contribution in [2.24, 2.45) is 0 Å². The van der Waals surface area contributed by atoms with Gasteiger partial charge in [0.25, 0.3) is 5.91 Å². The van der Waals surface area contributed by atoms with Crippen molar-refractivity contribution >= 4 is 27.9 Å². The Hall–Kier alpha value is -1.61. The van der Waals surface area contributed by atoms with E-state index in [9.17, 15) is 9.59 Å². The largest absolute Gasteiger partial charge is 0.444 e. The Balaban J connectivity index is 1.97. The van der Waals surface area contributed by atoms with Crippen LogP contribution in [0.25, 0.3) is 0 Å². The van der Waals surface area contributed by atoms with Gasteiger partial charge in [0.2, 0.25) is 0 Å². The molecular formula is C16H25BrN4O4. The number of halogens is 1. The quantitative estimate of drug-likeness (QED) is 0.787. The summed E-state index contributed by atoms with van der Waals surface area (Å²) in [5, 5.41) is 2.93. The van der Waals surface area contributed by atoms with Crippen LogP contribution in [0.15, 0.2) is 4.60 Å². The zero-order chi connectivity index (χ0) is 18.8. The van der Waals surface area contributed by atoms with Gasteiger partial charge in [-0.15, -0.1) is 0 Å². The summed E-state index contributed by atoms with van der Waals surface area (Å²) < 4.78 is 11.5. The lowest BCUT2D eigenvalue weighted by Gasteiger charge is -2.38. The zero-order valence-electron chi connectivity index (χ0n) is 15.2. The molecule has 2 N–H and O–H groups in total. The Bertz CT molecular complexity index is 621. The zero-order valence-corrected chi connectivity index (χ0v) is 16.8. The Kier molecular flexibility index (Phi) is 6.10. The lowest BCUT2D eigenvalue weighted by Crippen LogP contribution is -2.56. The van der Waals surface area contributed by atoms with Gasteiger partial charge in [0.1, 0.15) is 10.2 Å². The van der Waals surface area contributed by atoms with Crippen LogP contribution in [0.5, 0.6) is 0 Å². The molecule has 0 aliphatic carbocycles. The fourth-order valence-electron chi connectivity index (χ4n) is 2.60. The first-order chi connectivity index (χ1) is 11.6. The standard InChI is InChI=1S/C16H25BrN4O4/c1-9-12(17)20-13(18-9)14(22)19-10-6-7-21(8-11(10)24-5)15(23)25-16(2,3)4/h10-11H,6-8H2,1-5H3,(H,18,20)(H,19,22). The maximum absolute atomic E-state index is 12.4. The molecule has 25 heavy (non-hydrogen) atoms. The van der Waals surface area contributed by atoms with E-state index in [0.29, 0.717) is 24.1 Å². The third-order valence-electron chi connectivity index (χ3n) is 3.87. The molecule has 2 unspecified atom stereocenters. The summed E-state index contributed by atoms with van der Waals surface area (Å²) >= 11 is 3.28. The van der Waals surface area contributed by atoms with E-state index >= 15 is 0 Å². The number of aryl methyl sites for hydroxylation is 1. The summed E-state index contributed by atoms with van der Waals surface area (Å²) in [6, 6.07) is -0.208. The molecule has 2 atom stereocenters. The molecule has 1 aliphatic heterocycles. The minimum atomic E-state index is -0.546. The molecule has 2 amide bonds. The monoisotopic (exact) mass is 416 g/mol. The maximum atomic E-state index is 12.4. The van der Waals surface area contributed by atoms with Gasteiger partial charge < -0.3 is 24.7 Å². The summed E-state index contributed by atoms with van der Waals surface area (Å²) in [6.07, 6.45) is -0.112. The molecule has 2 heterocycles. The van der Waals surface area contributed by atoms with Crippen LogP contribution < -0.4 is 5.32 Å². The van der Waals surface area contributed by atoms with Crippen LogP contribution in [0.4, 0.5) is 4.79 Å². The summed E-state index contributed by atoms with van der Waals surface area (Å²) in [7, 11) is 1.57. The highest BCUT2D eigenvalue weighted by atomic mass is 79.9. The molecule has 8 nitrogen and oxygen atoms in total. The molecule has 0 saturated carbocycles. The smallest absolute Gasteiger partial charge is 0.410 e. The lowest BCUT2D eigenvalue weighted by molar-refractivity contribution is -0.0172. The second-order valence-electron chi connectivity index (χ2n) is 7.07. The molecule has 0 spiro atoms. The maximum Gasteiger partial charge on any atom is 0.410 e. The normalized spacial score (nSPS) is 21.1. The van der Waals surface area contributed by atoms with Gasteiger partial charge in [0.05, 0.1) is 18.7 Å². The predicted octanol–water partition coefficient (Wildman–Crippen LogP) is 2.23. The van der Waals surface area contributed by atoms with E-state index in [4.69, 9.17) is 9.47 Å². The van der Waals surface area contributed by atoms with E-state index in [0.717, 1.165) is 5.69 Å². The van der Waals surface area contributed by atoms with Gasteiger partial charge in [-0.3, -0.25) is 4.79 Å². The Morgan fingerprint density at radius 3 is 2.60 bits per heavy atom. The molecule has 2 rings (SSSR count). The molecule has 1 fully saturated rings. The van der Waals surface area contributed by atoms with E-state index < -0.39 is 5.60 Å². The number of ether oxygens (including phenoxy) is 2. The molecule has 0 bridgehead atoms. The third kappa shape index (κ3) is 5.18. The molecule has 0 radical (unpaired) electrons. The number of likely N-dealkylation sites (tertiary alicyclic amines) is 1. The average molecular weight is 417 g/mol. The molecular weight excluding hydrogens is 392 g/mol. The summed E-state index contributed by atoms with van der Waals surface area (Å²) in [5.41, 5.74) is 0.239. The highest BCUT2D eigenvalue weighted by Gasteiger charge is 2.35. The highest BCUT2D eigenvalue weighted by Crippen LogP contribution is 2.18. The fourth-order valence-corrected chi connectivity index (χ4v) is 2.87. The van der Waals surface area contributed by atoms with Crippen LogP contribution in [0.3, 0.4) is 0 Å². The van der Waals surface area contributed by atoms with Crippen molar-refractivity contribution in [2.75, 3.05) is 20.2 Å². The van der Waals surface area contributed by atoms with E-state index in [2.05, 4.69) is 31.2 Å². The van der Waals surface area contributed by atoms with Crippen molar-refractivity contribution in [3.8, 4) is 0 Å². The minimum absolute atomic E-state index is 0.208. The first-order valence-corrected chi connectivity index (χ1v) is 8.93. The van der Waals surface area contributed by atoms with Crippen molar-refractivity contribution in [3.05, 3.63) is 16.1 Å². The fraction of sp³-hybridized carbons (Fsp3) is 0.688. The van der Waals surface area contributed by atoms with E-state index in [1.54, 1.807) is 12.0 Å². The Morgan fingerprint density at radius 2 is 2.08 bits per heavy atom. The van der Waals surface area contributed by atoms with E-state index in [1.165, 1.54) is 0 Å². The second kappa shape index (κ2) is 7.74. The molecule has 1 aliphatic rings. The number of piperidine rings is 1. The number of methoxy groups -OCH3 is 1. The first-order valence-electron chi connectivity index (χ1n) is 8.14. The first kappa shape index (κ1) is 19.7. The van der Waals surface area contributed by atoms with Crippen molar-refractivity contribution in [3.63, 3.8) is 0 Å². The van der Waals surface area contributed by atoms with Crippen molar-refractivity contribution < 1.29 is 19.1 Å². The number of hydrogen-bond acceptors (Lipinski definition) is 5. The number of carbonyl (C=O) groups excluding carboxylic acids is 2. The topological polar surface area (TPSA) is 96.6 Å². The third-order valence-corrected chi connectivity index (χ3v) is 4.64. The number of amides is 2. The van der Waals surface area contributed by atoms with Gasteiger partial charge in [0.15, 0.2) is 5.82 Å². The van der Waals surface area contributed by atoms with E-state index in [1.807, 2.05) is 27.7 Å². The Morgan fingerprint density at radius 1 is 1.40 bits per heavy atom. The van der Waals surface area contributed by atoms with Crippen LogP contribution in [0.2, 0.25) is 0 Å². The van der Waals surface area contributed by atoms with Crippen molar-refractivity contribution in [1.82, 2.24) is 20.2 Å². The van der Waals surface area contributed by atoms with Crippen LogP contribution in [0.1, 0.15) is 43.5 Å². The average Bonchev–Trinajstić information content (AvgIpc) is 2.85. The van der Waals surface area contributed by atoms with Crippen LogP contribution in [-0.4, -0.2) is 64.8 Å². The van der Waals surface area contributed by atoms with Crippen LogP contribution in [-0.2, 0) is 9.47 Å². The second-order valence-corrected chi connectivity index (χ2v) is 7.82. The minimum Gasteiger partial charge on any atom is -0.444 e. The number of carbonyl (C=O) groups is 2. The Labute approximate surface area is 155 Å². The molecule has 1 aromatic rings. The molecule has 1 saturated heterocycles. The number of imidazole rings is 1. The molecule has 140 valence electrons. The number of nitrogens with zero attached hydrogens (tertiary/aromatic N) is 2. The highest BCUT2D eigenvalue weighted by molar-refractivity contribution is 9.10. The SMILES string of the molecule is COC1CN(C(=O)OC(C)(C)C)CCC1NC(=O)c1nc(Br)c(C)[nH]1. The number of H-pyrrole nitrogens is 1. The summed E-state index contributed by atoms with van der Waals surface area (Å²) in [4.78, 5) is 33.2. The number of hydrogen-bond donors (Lipinski definition) is 2. The number of aromatic nitrogens is 2. The molecule has 9 heteroatoms. The van der Waals surface area contributed by atoms with Gasteiger partial charge in [-0.05, 0) is 50.0 Å². The van der Waals surface area contributed by atoms with Crippen molar-refractivity contribution in [1.29, 1.82) is 0 Å². The predicted molar refractivity (Wildman–Crippen MR) is 95.5 cm³/mol.